The topological polar surface area (TPSA) is 26.3 Å². The van der Waals surface area contributed by atoms with Crippen molar-refractivity contribution in [3.05, 3.63) is 30.3 Å². The Kier molecular flexibility index (Phi) is 4.30. The highest BCUT2D eigenvalue weighted by Crippen LogP contribution is 2.13. The van der Waals surface area contributed by atoms with Gasteiger partial charge in [-0.1, -0.05) is 42.4 Å². The quantitative estimate of drug-likeness (QED) is 0.591. The van der Waals surface area contributed by atoms with Crippen molar-refractivity contribution in [3.8, 4) is 0 Å². The SMILES string of the molecule is C[C@@H]([SiH]c1ccccc1)C(=O)OC(C)(C)C. The van der Waals surface area contributed by atoms with Crippen molar-refractivity contribution in [3.63, 3.8) is 0 Å². The van der Waals surface area contributed by atoms with Gasteiger partial charge in [-0.3, -0.25) is 4.79 Å². The fourth-order valence-corrected chi connectivity index (χ4v) is 2.54. The summed E-state index contributed by atoms with van der Waals surface area (Å²) < 4.78 is 5.35. The van der Waals surface area contributed by atoms with Crippen LogP contribution in [0.4, 0.5) is 0 Å². The summed E-state index contributed by atoms with van der Waals surface area (Å²) >= 11 is 0. The highest BCUT2D eigenvalue weighted by molar-refractivity contribution is 6.58. The summed E-state index contributed by atoms with van der Waals surface area (Å²) in [6, 6.07) is 10.1. The van der Waals surface area contributed by atoms with Crippen LogP contribution in [0.5, 0.6) is 0 Å². The van der Waals surface area contributed by atoms with Gasteiger partial charge in [0.05, 0.1) is 9.52 Å². The van der Waals surface area contributed by atoms with E-state index in [1.807, 2.05) is 45.9 Å². The summed E-state index contributed by atoms with van der Waals surface area (Å²) in [5, 5.41) is 1.25. The van der Waals surface area contributed by atoms with Gasteiger partial charge in [0.1, 0.15) is 5.60 Å². The van der Waals surface area contributed by atoms with Crippen molar-refractivity contribution < 1.29 is 9.53 Å². The van der Waals surface area contributed by atoms with Gasteiger partial charge in [-0.2, -0.15) is 0 Å². The van der Waals surface area contributed by atoms with Crippen LogP contribution >= 0.6 is 0 Å². The van der Waals surface area contributed by atoms with Crippen LogP contribution in [-0.4, -0.2) is 21.1 Å². The molecular formula is C13H19O2Si. The van der Waals surface area contributed by atoms with Gasteiger partial charge in [0.25, 0.3) is 0 Å². The fourth-order valence-electron chi connectivity index (χ4n) is 1.32. The molecule has 0 saturated heterocycles. The average molecular weight is 235 g/mol. The molecule has 0 fully saturated rings. The predicted octanol–water partition coefficient (Wildman–Crippen LogP) is 1.90. The zero-order valence-corrected chi connectivity index (χ0v) is 11.5. The van der Waals surface area contributed by atoms with Crippen LogP contribution in [0.15, 0.2) is 30.3 Å². The van der Waals surface area contributed by atoms with Crippen molar-refractivity contribution in [2.24, 2.45) is 0 Å². The van der Waals surface area contributed by atoms with E-state index < -0.39 is 0 Å². The van der Waals surface area contributed by atoms with E-state index in [0.717, 1.165) is 0 Å². The standard InChI is InChI=1S/C13H19O2Si/c1-10(12(14)15-13(2,3)4)16-11-8-6-5-7-9-11/h5-10,16H,1-4H3/t10-/m1/s1. The molecule has 16 heavy (non-hydrogen) atoms. The van der Waals surface area contributed by atoms with Gasteiger partial charge in [-0.05, 0) is 20.8 Å². The molecule has 0 spiro atoms. The fraction of sp³-hybridized carbons (Fsp3) is 0.462. The van der Waals surface area contributed by atoms with E-state index in [2.05, 4.69) is 12.1 Å². The van der Waals surface area contributed by atoms with Crippen molar-refractivity contribution in [1.29, 1.82) is 0 Å². The summed E-state index contributed by atoms with van der Waals surface area (Å²) in [5.41, 5.74) is -0.400. The third kappa shape index (κ3) is 4.62. The van der Waals surface area contributed by atoms with Gasteiger partial charge in [0, 0.05) is 5.54 Å². The minimum atomic E-state index is -0.387. The van der Waals surface area contributed by atoms with Crippen LogP contribution in [0.25, 0.3) is 0 Å². The second-order valence-electron chi connectivity index (χ2n) is 4.90. The third-order valence-corrected chi connectivity index (χ3v) is 3.56. The molecule has 0 aliphatic rings. The van der Waals surface area contributed by atoms with Crippen LogP contribution in [0.3, 0.4) is 0 Å². The van der Waals surface area contributed by atoms with Gasteiger partial charge >= 0.3 is 5.97 Å². The highest BCUT2D eigenvalue weighted by Gasteiger charge is 2.22. The molecule has 1 aromatic carbocycles. The minimum Gasteiger partial charge on any atom is -0.460 e. The largest absolute Gasteiger partial charge is 0.460 e. The number of esters is 1. The molecule has 0 amide bonds. The van der Waals surface area contributed by atoms with Crippen LogP contribution in [0, 0.1) is 0 Å². The van der Waals surface area contributed by atoms with Crippen molar-refractivity contribution in [1.82, 2.24) is 0 Å². The van der Waals surface area contributed by atoms with E-state index in [1.165, 1.54) is 5.19 Å². The zero-order valence-electron chi connectivity index (χ0n) is 10.4. The lowest BCUT2D eigenvalue weighted by molar-refractivity contribution is -0.154. The van der Waals surface area contributed by atoms with Crippen LogP contribution in [-0.2, 0) is 9.53 Å². The van der Waals surface area contributed by atoms with Gasteiger partial charge in [-0.25, -0.2) is 0 Å². The van der Waals surface area contributed by atoms with E-state index in [4.69, 9.17) is 4.74 Å². The molecule has 1 atom stereocenters. The van der Waals surface area contributed by atoms with Crippen LogP contribution < -0.4 is 5.19 Å². The maximum absolute atomic E-state index is 11.8. The van der Waals surface area contributed by atoms with Gasteiger partial charge < -0.3 is 4.74 Å². The molecule has 2 nitrogen and oxygen atoms in total. The Morgan fingerprint density at radius 2 is 1.81 bits per heavy atom. The lowest BCUT2D eigenvalue weighted by atomic mass is 10.2. The molecule has 87 valence electrons. The first-order chi connectivity index (χ1) is 7.38. The first-order valence-electron chi connectivity index (χ1n) is 5.51. The zero-order chi connectivity index (χ0) is 12.2. The summed E-state index contributed by atoms with van der Waals surface area (Å²) in [6.07, 6.45) is 0. The first-order valence-corrected chi connectivity index (χ1v) is 6.76. The molecule has 0 unspecified atom stereocenters. The number of hydrogen-bond donors (Lipinski definition) is 0. The van der Waals surface area contributed by atoms with Crippen LogP contribution in [0.1, 0.15) is 27.7 Å². The Bertz CT molecular complexity index is 341. The number of benzene rings is 1. The normalized spacial score (nSPS) is 13.2. The van der Waals surface area contributed by atoms with E-state index in [1.54, 1.807) is 0 Å². The van der Waals surface area contributed by atoms with Gasteiger partial charge in [-0.15, -0.1) is 0 Å². The van der Waals surface area contributed by atoms with Gasteiger partial charge in [0.15, 0.2) is 0 Å². The number of hydrogen-bond acceptors (Lipinski definition) is 2. The maximum Gasteiger partial charge on any atom is 0.306 e. The molecule has 0 bridgehead atoms. The molecule has 0 aromatic heterocycles. The molecule has 0 N–H and O–H groups in total. The predicted molar refractivity (Wildman–Crippen MR) is 68.5 cm³/mol. The van der Waals surface area contributed by atoms with Gasteiger partial charge in [0.2, 0.25) is 0 Å². The number of carbonyl (C=O) groups is 1. The summed E-state index contributed by atoms with van der Waals surface area (Å²) in [4.78, 5) is 11.8. The van der Waals surface area contributed by atoms with Crippen LogP contribution in [0.2, 0.25) is 5.54 Å². The Morgan fingerprint density at radius 3 is 2.31 bits per heavy atom. The Labute approximate surface area is 99.8 Å². The monoisotopic (exact) mass is 235 g/mol. The summed E-state index contributed by atoms with van der Waals surface area (Å²) in [6.45, 7) is 7.64. The number of rotatable bonds is 3. The lowest BCUT2D eigenvalue weighted by Gasteiger charge is -2.22. The Balaban J connectivity index is 2.53. The smallest absolute Gasteiger partial charge is 0.306 e. The Hall–Kier alpha value is -1.09. The van der Waals surface area contributed by atoms with E-state index >= 15 is 0 Å². The number of carbonyl (C=O) groups excluding carboxylic acids is 1. The van der Waals surface area contributed by atoms with E-state index in [-0.39, 0.29) is 26.6 Å². The molecule has 1 radical (unpaired) electrons. The molecule has 0 aliphatic heterocycles. The third-order valence-electron chi connectivity index (χ3n) is 2.02. The van der Waals surface area contributed by atoms with Crippen molar-refractivity contribution >= 4 is 20.7 Å². The minimum absolute atomic E-state index is 0.0124. The number of ether oxygens (including phenoxy) is 1. The second kappa shape index (κ2) is 5.30. The second-order valence-corrected chi connectivity index (χ2v) is 6.90. The molecule has 0 saturated carbocycles. The van der Waals surface area contributed by atoms with E-state index in [9.17, 15) is 4.79 Å². The van der Waals surface area contributed by atoms with Crippen molar-refractivity contribution in [2.45, 2.75) is 38.8 Å². The molecular weight excluding hydrogens is 216 g/mol. The average Bonchev–Trinajstić information content (AvgIpc) is 2.16. The summed E-state index contributed by atoms with van der Waals surface area (Å²) in [5.74, 6) is -0.0913. The molecule has 0 aliphatic carbocycles. The highest BCUT2D eigenvalue weighted by atomic mass is 28.2. The first kappa shape index (κ1) is 13.0. The molecule has 3 heteroatoms. The summed E-state index contributed by atoms with van der Waals surface area (Å²) in [7, 11) is -0.0540. The lowest BCUT2D eigenvalue weighted by Crippen LogP contribution is -2.30. The maximum atomic E-state index is 11.8. The van der Waals surface area contributed by atoms with E-state index in [0.29, 0.717) is 0 Å². The molecule has 1 rings (SSSR count). The Morgan fingerprint density at radius 1 is 1.25 bits per heavy atom. The van der Waals surface area contributed by atoms with Crippen molar-refractivity contribution in [2.75, 3.05) is 0 Å². The molecule has 0 heterocycles. The molecule has 1 aromatic rings.